The molecule has 0 N–H and O–H groups in total. The van der Waals surface area contributed by atoms with Gasteiger partial charge in [0.05, 0.1) is 0 Å². The van der Waals surface area contributed by atoms with E-state index < -0.39 is 0 Å². The third kappa shape index (κ3) is 2.42. The van der Waals surface area contributed by atoms with Crippen LogP contribution in [0.1, 0.15) is 18.9 Å². The normalized spacial score (nSPS) is 11.7. The molecule has 0 heterocycles. The van der Waals surface area contributed by atoms with Crippen LogP contribution in [-0.2, 0) is 5.41 Å². The highest BCUT2D eigenvalue weighted by atomic mass is 79.9. The minimum Gasteiger partial charge on any atom is -0.0918 e. The molecule has 0 radical (unpaired) electrons. The highest BCUT2D eigenvalue weighted by Gasteiger charge is 2.29. The maximum atomic E-state index is 3.61. The van der Waals surface area contributed by atoms with Crippen molar-refractivity contribution in [1.82, 2.24) is 0 Å². The van der Waals surface area contributed by atoms with Crippen molar-refractivity contribution in [3.63, 3.8) is 0 Å². The van der Waals surface area contributed by atoms with E-state index in [4.69, 9.17) is 0 Å². The van der Waals surface area contributed by atoms with Crippen molar-refractivity contribution in [2.75, 3.05) is 10.7 Å². The lowest BCUT2D eigenvalue weighted by atomic mass is 9.82. The summed E-state index contributed by atoms with van der Waals surface area (Å²) in [7, 11) is 0. The maximum absolute atomic E-state index is 3.61. The Kier molecular flexibility index (Phi) is 5.15. The number of benzene rings is 1. The van der Waals surface area contributed by atoms with Gasteiger partial charge >= 0.3 is 0 Å². The monoisotopic (exact) mass is 382 g/mol. The van der Waals surface area contributed by atoms with E-state index in [-0.39, 0.29) is 5.41 Å². The number of hydrogen-bond acceptors (Lipinski definition) is 0. The zero-order chi connectivity index (χ0) is 10.6. The van der Waals surface area contributed by atoms with Crippen molar-refractivity contribution in [2.24, 2.45) is 0 Å². The molecule has 1 rings (SSSR count). The molecule has 0 aliphatic rings. The van der Waals surface area contributed by atoms with Gasteiger partial charge in [-0.05, 0) is 18.1 Å². The maximum Gasteiger partial charge on any atom is 0.0213 e. The van der Waals surface area contributed by atoms with E-state index >= 15 is 0 Å². The smallest absolute Gasteiger partial charge is 0.0213 e. The summed E-state index contributed by atoms with van der Waals surface area (Å²) in [6, 6.07) is 8.44. The van der Waals surface area contributed by atoms with Gasteiger partial charge in [0, 0.05) is 20.5 Å². The fraction of sp³-hybridized carbons (Fsp3) is 0.455. The van der Waals surface area contributed by atoms with Crippen molar-refractivity contribution in [2.45, 2.75) is 18.8 Å². The van der Waals surface area contributed by atoms with E-state index in [1.165, 1.54) is 10.0 Å². The fourth-order valence-electron chi connectivity index (χ4n) is 1.45. The first-order valence-corrected chi connectivity index (χ1v) is 7.60. The summed E-state index contributed by atoms with van der Waals surface area (Å²) in [5.41, 5.74) is 1.57. The lowest BCUT2D eigenvalue weighted by molar-refractivity contribution is 0.531. The average Bonchev–Trinajstić information content (AvgIpc) is 2.24. The van der Waals surface area contributed by atoms with Crippen molar-refractivity contribution in [3.05, 3.63) is 34.3 Å². The van der Waals surface area contributed by atoms with Gasteiger partial charge in [0.1, 0.15) is 0 Å². The van der Waals surface area contributed by atoms with Crippen LogP contribution in [0.2, 0.25) is 0 Å². The van der Waals surface area contributed by atoms with Gasteiger partial charge < -0.3 is 0 Å². The Hall–Kier alpha value is 0.660. The Morgan fingerprint density at radius 2 is 1.71 bits per heavy atom. The Morgan fingerprint density at radius 1 is 1.14 bits per heavy atom. The third-order valence-corrected chi connectivity index (χ3v) is 5.47. The molecule has 0 aliphatic carbocycles. The van der Waals surface area contributed by atoms with Crippen LogP contribution in [0.5, 0.6) is 0 Å². The minimum atomic E-state index is 0.195. The minimum absolute atomic E-state index is 0.195. The molecule has 1 aromatic carbocycles. The van der Waals surface area contributed by atoms with E-state index in [1.807, 2.05) is 0 Å². The molecule has 0 atom stereocenters. The van der Waals surface area contributed by atoms with Crippen LogP contribution in [0, 0.1) is 0 Å². The molecule has 0 spiro atoms. The number of alkyl halides is 2. The standard InChI is InChI=1S/C11H13Br3/c1-2-11(7-12,8-13)9-5-3-4-6-10(9)14/h3-6H,2,7-8H2,1H3. The molecule has 0 bridgehead atoms. The molecule has 0 amide bonds. The highest BCUT2D eigenvalue weighted by molar-refractivity contribution is 9.10. The van der Waals surface area contributed by atoms with Crippen molar-refractivity contribution in [1.29, 1.82) is 0 Å². The summed E-state index contributed by atoms with van der Waals surface area (Å²) in [5.74, 6) is 0. The first-order valence-electron chi connectivity index (χ1n) is 4.57. The second-order valence-electron chi connectivity index (χ2n) is 3.38. The molecule has 0 saturated heterocycles. The molecular formula is C11H13Br3. The van der Waals surface area contributed by atoms with Crippen LogP contribution >= 0.6 is 47.8 Å². The largest absolute Gasteiger partial charge is 0.0918 e. The second kappa shape index (κ2) is 5.66. The first-order chi connectivity index (χ1) is 6.70. The van der Waals surface area contributed by atoms with E-state index in [0.717, 1.165) is 17.1 Å². The van der Waals surface area contributed by atoms with Crippen LogP contribution in [0.25, 0.3) is 0 Å². The zero-order valence-electron chi connectivity index (χ0n) is 8.06. The summed E-state index contributed by atoms with van der Waals surface area (Å²) in [6.07, 6.45) is 1.12. The lowest BCUT2D eigenvalue weighted by Crippen LogP contribution is -2.29. The van der Waals surface area contributed by atoms with Gasteiger partial charge in [-0.2, -0.15) is 0 Å². The molecule has 0 fully saturated rings. The average molecular weight is 385 g/mol. The predicted molar refractivity (Wildman–Crippen MR) is 73.7 cm³/mol. The van der Waals surface area contributed by atoms with E-state index in [2.05, 4.69) is 79.0 Å². The summed E-state index contributed by atoms with van der Waals surface area (Å²) in [4.78, 5) is 0. The SMILES string of the molecule is CCC(CBr)(CBr)c1ccccc1Br. The van der Waals surface area contributed by atoms with E-state index in [9.17, 15) is 0 Å². The topological polar surface area (TPSA) is 0 Å². The lowest BCUT2D eigenvalue weighted by Gasteiger charge is -2.30. The van der Waals surface area contributed by atoms with Crippen molar-refractivity contribution < 1.29 is 0 Å². The third-order valence-electron chi connectivity index (χ3n) is 2.63. The first kappa shape index (κ1) is 12.7. The Balaban J connectivity index is 3.17. The van der Waals surface area contributed by atoms with Crippen LogP contribution < -0.4 is 0 Å². The van der Waals surface area contributed by atoms with Crippen LogP contribution in [0.15, 0.2) is 28.7 Å². The molecule has 0 aromatic heterocycles. The van der Waals surface area contributed by atoms with Gasteiger partial charge in [-0.3, -0.25) is 0 Å². The van der Waals surface area contributed by atoms with Gasteiger partial charge in [0.2, 0.25) is 0 Å². The fourth-order valence-corrected chi connectivity index (χ4v) is 4.48. The highest BCUT2D eigenvalue weighted by Crippen LogP contribution is 2.36. The number of halogens is 3. The molecular weight excluding hydrogens is 372 g/mol. The van der Waals surface area contributed by atoms with Crippen LogP contribution in [-0.4, -0.2) is 10.7 Å². The molecule has 0 nitrogen and oxygen atoms in total. The summed E-state index contributed by atoms with van der Waals surface area (Å²) >= 11 is 10.8. The Morgan fingerprint density at radius 3 is 2.14 bits per heavy atom. The molecule has 78 valence electrons. The van der Waals surface area contributed by atoms with Gasteiger partial charge in [0.25, 0.3) is 0 Å². The van der Waals surface area contributed by atoms with Gasteiger partial charge in [-0.25, -0.2) is 0 Å². The molecule has 14 heavy (non-hydrogen) atoms. The number of rotatable bonds is 4. The van der Waals surface area contributed by atoms with Crippen LogP contribution in [0.3, 0.4) is 0 Å². The summed E-state index contributed by atoms with van der Waals surface area (Å²) < 4.78 is 1.20. The Bertz CT molecular complexity index is 284. The Labute approximate surface area is 111 Å². The quantitative estimate of drug-likeness (QED) is 0.648. The molecule has 0 aliphatic heterocycles. The zero-order valence-corrected chi connectivity index (χ0v) is 12.8. The molecule has 0 unspecified atom stereocenters. The van der Waals surface area contributed by atoms with E-state index in [0.29, 0.717) is 0 Å². The van der Waals surface area contributed by atoms with Gasteiger partial charge in [0.15, 0.2) is 0 Å². The summed E-state index contributed by atoms with van der Waals surface area (Å²) in [6.45, 7) is 2.22. The van der Waals surface area contributed by atoms with Gasteiger partial charge in [-0.15, -0.1) is 0 Å². The van der Waals surface area contributed by atoms with Crippen molar-refractivity contribution >= 4 is 47.8 Å². The predicted octanol–water partition coefficient (Wildman–Crippen LogP) is 4.89. The molecule has 0 saturated carbocycles. The van der Waals surface area contributed by atoms with Crippen molar-refractivity contribution in [3.8, 4) is 0 Å². The summed E-state index contributed by atoms with van der Waals surface area (Å²) in [5, 5.41) is 1.95. The molecule has 3 heteroatoms. The van der Waals surface area contributed by atoms with Crippen LogP contribution in [0.4, 0.5) is 0 Å². The second-order valence-corrected chi connectivity index (χ2v) is 5.36. The molecule has 1 aromatic rings. The van der Waals surface area contributed by atoms with Gasteiger partial charge in [-0.1, -0.05) is 72.9 Å². The van der Waals surface area contributed by atoms with E-state index in [1.54, 1.807) is 0 Å². The number of hydrogen-bond donors (Lipinski definition) is 0.